The van der Waals surface area contributed by atoms with Gasteiger partial charge in [0.25, 0.3) is 5.56 Å². The lowest BCUT2D eigenvalue weighted by atomic mass is 9.97. The van der Waals surface area contributed by atoms with Gasteiger partial charge in [-0.3, -0.25) is 19.6 Å². The molecule has 1 aliphatic heterocycles. The lowest BCUT2D eigenvalue weighted by Crippen LogP contribution is -2.49. The molecule has 1 aromatic carbocycles. The molecule has 32 heavy (non-hydrogen) atoms. The molecule has 1 aromatic heterocycles. The van der Waals surface area contributed by atoms with Crippen LogP contribution < -0.4 is 10.9 Å². The Morgan fingerprint density at radius 2 is 1.94 bits per heavy atom. The number of hydrazine groups is 1. The van der Waals surface area contributed by atoms with Gasteiger partial charge in [0, 0.05) is 39.5 Å². The number of aryl methyl sites for hydroxylation is 2. The molecule has 2 aliphatic rings. The van der Waals surface area contributed by atoms with E-state index in [1.54, 1.807) is 16.6 Å². The topological polar surface area (TPSA) is 70.5 Å². The van der Waals surface area contributed by atoms with Crippen LogP contribution in [0, 0.1) is 0 Å². The van der Waals surface area contributed by atoms with Crippen LogP contribution in [0.5, 0.6) is 0 Å². The van der Waals surface area contributed by atoms with Crippen molar-refractivity contribution in [1.29, 1.82) is 0 Å². The number of rotatable bonds is 6. The Bertz CT molecular complexity index is 1090. The van der Waals surface area contributed by atoms with Gasteiger partial charge >= 0.3 is 0 Å². The molecule has 2 aromatic rings. The van der Waals surface area contributed by atoms with Crippen LogP contribution in [0.4, 0.5) is 0 Å². The smallest absolute Gasteiger partial charge is 0.272 e. The minimum Gasteiger partial charge on any atom is -0.361 e. The molecule has 2 heterocycles. The van der Waals surface area contributed by atoms with Crippen molar-refractivity contribution < 1.29 is 4.79 Å². The Hall–Kier alpha value is -2.74. The maximum absolute atomic E-state index is 13.0. The third-order valence-electron chi connectivity index (χ3n) is 6.29. The number of allylic oxidation sites excluding steroid dienone is 1. The third kappa shape index (κ3) is 5.01. The van der Waals surface area contributed by atoms with E-state index in [4.69, 9.17) is 12.2 Å². The average molecular weight is 454 g/mol. The first-order valence-corrected chi connectivity index (χ1v) is 11.9. The van der Waals surface area contributed by atoms with E-state index in [0.717, 1.165) is 37.0 Å². The summed E-state index contributed by atoms with van der Waals surface area (Å²) in [4.78, 5) is 30.1. The van der Waals surface area contributed by atoms with Crippen LogP contribution >= 0.6 is 12.2 Å². The van der Waals surface area contributed by atoms with Crippen LogP contribution in [-0.4, -0.2) is 50.2 Å². The Kier molecular flexibility index (Phi) is 7.19. The molecule has 0 unspecified atom stereocenters. The van der Waals surface area contributed by atoms with Crippen molar-refractivity contribution in [3.63, 3.8) is 0 Å². The van der Waals surface area contributed by atoms with Crippen LogP contribution in [-0.2, 0) is 18.3 Å². The molecule has 0 radical (unpaired) electrons. The number of nitrogens with zero attached hydrogens (tertiary/aromatic N) is 4. The van der Waals surface area contributed by atoms with Gasteiger partial charge in [0.1, 0.15) is 5.69 Å². The molecule has 8 heteroatoms. The molecular formula is C24H31N5O2S. The first-order valence-electron chi connectivity index (χ1n) is 11.5. The van der Waals surface area contributed by atoms with Crippen LogP contribution in [0.1, 0.15) is 50.6 Å². The quantitative estimate of drug-likeness (QED) is 0.535. The summed E-state index contributed by atoms with van der Waals surface area (Å²) >= 11 is 5.58. The Balaban J connectivity index is 1.34. The van der Waals surface area contributed by atoms with Gasteiger partial charge in [-0.1, -0.05) is 23.8 Å². The second kappa shape index (κ2) is 10.3. The number of para-hydroxylation sites is 2. The molecular weight excluding hydrogens is 422 g/mol. The normalized spacial score (nSPS) is 16.3. The first-order chi connectivity index (χ1) is 15.5. The number of thiocarbonyl (C=S) groups is 1. The van der Waals surface area contributed by atoms with Crippen LogP contribution in [0.15, 0.2) is 40.7 Å². The average Bonchev–Trinajstić information content (AvgIpc) is 3.31. The van der Waals surface area contributed by atoms with Gasteiger partial charge in [-0.25, -0.2) is 4.98 Å². The van der Waals surface area contributed by atoms with Crippen LogP contribution in [0.3, 0.4) is 0 Å². The summed E-state index contributed by atoms with van der Waals surface area (Å²) in [6.07, 6.45) is 9.72. The Labute approximate surface area is 194 Å². The highest BCUT2D eigenvalue weighted by Crippen LogP contribution is 2.20. The molecule has 0 saturated carbocycles. The zero-order valence-electron chi connectivity index (χ0n) is 18.7. The molecule has 0 atom stereocenters. The lowest BCUT2D eigenvalue weighted by molar-refractivity contribution is -0.138. The van der Waals surface area contributed by atoms with Gasteiger partial charge in [0.05, 0.1) is 11.0 Å². The maximum atomic E-state index is 13.0. The van der Waals surface area contributed by atoms with Crippen molar-refractivity contribution in [2.45, 2.75) is 51.4 Å². The van der Waals surface area contributed by atoms with Crippen molar-refractivity contribution in [2.24, 2.45) is 7.05 Å². The number of carbonyl (C=O) groups excluding carboxylic acids is 1. The van der Waals surface area contributed by atoms with E-state index in [-0.39, 0.29) is 17.9 Å². The fourth-order valence-electron chi connectivity index (χ4n) is 4.49. The van der Waals surface area contributed by atoms with E-state index >= 15 is 0 Å². The molecule has 170 valence electrons. The summed E-state index contributed by atoms with van der Waals surface area (Å²) in [5.74, 6) is -0.0290. The number of nitrogens with one attached hydrogen (secondary N) is 1. The van der Waals surface area contributed by atoms with Crippen molar-refractivity contribution in [2.75, 3.05) is 19.6 Å². The predicted octanol–water partition coefficient (Wildman–Crippen LogP) is 3.08. The fraction of sp³-hybridized carbons (Fsp3) is 0.500. The summed E-state index contributed by atoms with van der Waals surface area (Å²) in [5.41, 5.74) is 3.33. The van der Waals surface area contributed by atoms with Gasteiger partial charge in [0.15, 0.2) is 5.11 Å². The Morgan fingerprint density at radius 3 is 2.75 bits per heavy atom. The minimum atomic E-state index is -0.149. The fourth-order valence-corrected chi connectivity index (χ4v) is 4.78. The summed E-state index contributed by atoms with van der Waals surface area (Å²) in [5, 5.41) is 7.52. The second-order valence-corrected chi connectivity index (χ2v) is 8.88. The van der Waals surface area contributed by atoms with Gasteiger partial charge in [-0.05, 0) is 62.9 Å². The van der Waals surface area contributed by atoms with Crippen molar-refractivity contribution >= 4 is 34.3 Å². The first kappa shape index (κ1) is 22.5. The van der Waals surface area contributed by atoms with Crippen LogP contribution in [0.2, 0.25) is 0 Å². The summed E-state index contributed by atoms with van der Waals surface area (Å²) in [7, 11) is 1.74. The van der Waals surface area contributed by atoms with Gasteiger partial charge < -0.3 is 9.88 Å². The van der Waals surface area contributed by atoms with E-state index < -0.39 is 0 Å². The predicted molar refractivity (Wildman–Crippen MR) is 130 cm³/mol. The van der Waals surface area contributed by atoms with E-state index in [0.29, 0.717) is 23.8 Å². The SMILES string of the molecule is Cn1c(=O)c(CCC(=O)N2CCCN2C(=S)NCCC2=CCCCC2)nc2ccccc21. The largest absolute Gasteiger partial charge is 0.361 e. The van der Waals surface area contributed by atoms with Gasteiger partial charge in [0.2, 0.25) is 5.91 Å². The zero-order valence-corrected chi connectivity index (χ0v) is 19.5. The van der Waals surface area contributed by atoms with Crippen LogP contribution in [0.25, 0.3) is 11.0 Å². The van der Waals surface area contributed by atoms with E-state index in [1.807, 2.05) is 29.3 Å². The van der Waals surface area contributed by atoms with Gasteiger partial charge in [-0.2, -0.15) is 0 Å². The molecule has 1 N–H and O–H groups in total. The molecule has 1 saturated heterocycles. The third-order valence-corrected chi connectivity index (χ3v) is 6.64. The monoisotopic (exact) mass is 453 g/mol. The van der Waals surface area contributed by atoms with Crippen molar-refractivity contribution in [3.05, 3.63) is 52.0 Å². The lowest BCUT2D eigenvalue weighted by Gasteiger charge is -2.30. The number of benzene rings is 1. The number of hydrogen-bond donors (Lipinski definition) is 1. The second-order valence-electron chi connectivity index (χ2n) is 8.50. The van der Waals surface area contributed by atoms with Crippen molar-refractivity contribution in [1.82, 2.24) is 24.9 Å². The summed E-state index contributed by atoms with van der Waals surface area (Å²) < 4.78 is 1.60. The molecule has 0 bridgehead atoms. The maximum Gasteiger partial charge on any atom is 0.272 e. The molecule has 1 fully saturated rings. The van der Waals surface area contributed by atoms with E-state index in [1.165, 1.54) is 31.3 Å². The summed E-state index contributed by atoms with van der Waals surface area (Å²) in [6.45, 7) is 2.17. The highest BCUT2D eigenvalue weighted by molar-refractivity contribution is 7.80. The minimum absolute atomic E-state index is 0.0290. The zero-order chi connectivity index (χ0) is 22.5. The number of carbonyl (C=O) groups is 1. The highest BCUT2D eigenvalue weighted by atomic mass is 32.1. The number of amides is 1. The van der Waals surface area contributed by atoms with E-state index in [2.05, 4.69) is 16.4 Å². The molecule has 1 aliphatic carbocycles. The molecule has 4 rings (SSSR count). The molecule has 0 spiro atoms. The van der Waals surface area contributed by atoms with Crippen molar-refractivity contribution in [3.8, 4) is 0 Å². The molecule has 1 amide bonds. The molecule has 7 nitrogen and oxygen atoms in total. The number of hydrogen-bond acceptors (Lipinski definition) is 4. The Morgan fingerprint density at radius 1 is 1.12 bits per heavy atom. The number of fused-ring (bicyclic) bond motifs is 1. The standard InChI is InChI=1S/C24H31N5O2S/c1-27-21-11-6-5-10-19(21)26-20(23(27)31)12-13-22(30)28-16-7-17-29(28)24(32)25-15-14-18-8-3-2-4-9-18/h5-6,8,10-11H,2-4,7,9,12-17H2,1H3,(H,25,32). The van der Waals surface area contributed by atoms with E-state index in [9.17, 15) is 9.59 Å². The highest BCUT2D eigenvalue weighted by Gasteiger charge is 2.28. The van der Waals surface area contributed by atoms with Gasteiger partial charge in [-0.15, -0.1) is 0 Å². The summed E-state index contributed by atoms with van der Waals surface area (Å²) in [6, 6.07) is 7.54. The number of aromatic nitrogens is 2.